The maximum Gasteiger partial charge on any atom is 0.207 e. The lowest BCUT2D eigenvalue weighted by Crippen LogP contribution is -2.45. The first-order chi connectivity index (χ1) is 10.5. The molecule has 1 amide bonds. The highest BCUT2D eigenvalue weighted by Gasteiger charge is 2.18. The molecule has 5 nitrogen and oxygen atoms in total. The van der Waals surface area contributed by atoms with Gasteiger partial charge in [-0.25, -0.2) is 0 Å². The van der Waals surface area contributed by atoms with Crippen LogP contribution >= 0.6 is 0 Å². The molecule has 0 bridgehead atoms. The van der Waals surface area contributed by atoms with Crippen LogP contribution in [0.2, 0.25) is 0 Å². The zero-order valence-corrected chi connectivity index (χ0v) is 15.2. The van der Waals surface area contributed by atoms with Gasteiger partial charge in [0.2, 0.25) is 6.41 Å². The third-order valence-corrected chi connectivity index (χ3v) is 3.18. The van der Waals surface area contributed by atoms with Crippen LogP contribution in [0, 0.1) is 5.92 Å². The first kappa shape index (κ1) is 21.4. The van der Waals surface area contributed by atoms with Crippen LogP contribution in [0.5, 0.6) is 0 Å². The van der Waals surface area contributed by atoms with Gasteiger partial charge in [0.1, 0.15) is 0 Å². The van der Waals surface area contributed by atoms with Gasteiger partial charge in [0, 0.05) is 25.2 Å². The number of amides is 1. The first-order valence-electron chi connectivity index (χ1n) is 8.68. The Morgan fingerprint density at radius 3 is 2.23 bits per heavy atom. The van der Waals surface area contributed by atoms with Gasteiger partial charge in [-0.3, -0.25) is 4.79 Å². The predicted molar refractivity (Wildman–Crippen MR) is 93.1 cm³/mol. The molecule has 0 aromatic carbocycles. The van der Waals surface area contributed by atoms with Crippen LogP contribution in [0.4, 0.5) is 0 Å². The maximum absolute atomic E-state index is 10.0. The molecular weight excluding hydrogens is 278 g/mol. The number of hydrogen-bond donors (Lipinski definition) is 2. The smallest absolute Gasteiger partial charge is 0.207 e. The Kier molecular flexibility index (Phi) is 13.6. The van der Waals surface area contributed by atoms with Crippen molar-refractivity contribution in [1.82, 2.24) is 15.5 Å². The van der Waals surface area contributed by atoms with Crippen LogP contribution in [-0.2, 0) is 9.53 Å². The van der Waals surface area contributed by atoms with Crippen molar-refractivity contribution in [3.05, 3.63) is 0 Å². The van der Waals surface area contributed by atoms with E-state index in [1.807, 2.05) is 0 Å². The highest BCUT2D eigenvalue weighted by atomic mass is 16.5. The minimum absolute atomic E-state index is 0.579. The predicted octanol–water partition coefficient (Wildman–Crippen LogP) is 1.87. The Morgan fingerprint density at radius 1 is 1.14 bits per heavy atom. The fraction of sp³-hybridized carbons (Fsp3) is 0.941. The number of ether oxygens (including phenoxy) is 1. The zero-order chi connectivity index (χ0) is 16.8. The molecule has 0 unspecified atom stereocenters. The summed E-state index contributed by atoms with van der Waals surface area (Å²) in [6.45, 7) is 16.2. The Bertz CT molecular complexity index is 250. The van der Waals surface area contributed by atoms with E-state index in [9.17, 15) is 4.79 Å². The van der Waals surface area contributed by atoms with Crippen LogP contribution in [0.25, 0.3) is 0 Å². The lowest BCUT2D eigenvalue weighted by atomic mass is 10.0. The van der Waals surface area contributed by atoms with E-state index in [2.05, 4.69) is 50.2 Å². The van der Waals surface area contributed by atoms with Gasteiger partial charge in [-0.05, 0) is 31.8 Å². The SMILES string of the molecule is CC(C)C.CC(C)NC1CCN(CCOCCNC=O)CC1. The summed E-state index contributed by atoms with van der Waals surface area (Å²) in [5, 5.41) is 6.18. The van der Waals surface area contributed by atoms with Crippen LogP contribution in [0.1, 0.15) is 47.5 Å². The second kappa shape index (κ2) is 14.0. The fourth-order valence-corrected chi connectivity index (χ4v) is 2.28. The van der Waals surface area contributed by atoms with Gasteiger partial charge in [-0.1, -0.05) is 34.6 Å². The summed E-state index contributed by atoms with van der Waals surface area (Å²) in [5.41, 5.74) is 0. The minimum atomic E-state index is 0.579. The van der Waals surface area contributed by atoms with Crippen molar-refractivity contribution in [1.29, 1.82) is 0 Å². The average molecular weight is 316 g/mol. The summed E-state index contributed by atoms with van der Waals surface area (Å²) in [6.07, 6.45) is 3.16. The summed E-state index contributed by atoms with van der Waals surface area (Å²) in [4.78, 5) is 12.5. The summed E-state index contributed by atoms with van der Waals surface area (Å²) < 4.78 is 5.45. The van der Waals surface area contributed by atoms with Crippen molar-refractivity contribution in [2.24, 2.45) is 5.92 Å². The molecule has 0 radical (unpaired) electrons. The molecule has 132 valence electrons. The monoisotopic (exact) mass is 315 g/mol. The van der Waals surface area contributed by atoms with Gasteiger partial charge in [0.05, 0.1) is 13.2 Å². The van der Waals surface area contributed by atoms with Crippen LogP contribution in [0.15, 0.2) is 0 Å². The van der Waals surface area contributed by atoms with Gasteiger partial charge in [-0.2, -0.15) is 0 Å². The van der Waals surface area contributed by atoms with E-state index in [0.29, 0.717) is 31.6 Å². The summed E-state index contributed by atoms with van der Waals surface area (Å²) in [5.74, 6) is 0.833. The first-order valence-corrected chi connectivity index (χ1v) is 8.68. The van der Waals surface area contributed by atoms with Crippen molar-refractivity contribution >= 4 is 6.41 Å². The lowest BCUT2D eigenvalue weighted by Gasteiger charge is -2.33. The Hall–Kier alpha value is -0.650. The average Bonchev–Trinajstić information content (AvgIpc) is 2.43. The second-order valence-electron chi connectivity index (χ2n) is 6.85. The Balaban J connectivity index is 0.000000980. The number of piperidine rings is 1. The van der Waals surface area contributed by atoms with Gasteiger partial charge >= 0.3 is 0 Å². The highest BCUT2D eigenvalue weighted by molar-refractivity contribution is 5.45. The third kappa shape index (κ3) is 14.3. The molecule has 0 atom stereocenters. The molecule has 0 saturated carbocycles. The standard InChI is InChI=1S/C13H27N3O2.C4H10/c1-12(2)15-13-3-6-16(7-4-13)8-10-18-9-5-14-11-17;1-4(2)3/h11-13,15H,3-10H2,1-2H3,(H,14,17);4H,1-3H3. The van der Waals surface area contributed by atoms with E-state index in [1.165, 1.54) is 12.8 Å². The third-order valence-electron chi connectivity index (χ3n) is 3.18. The molecular formula is C17H37N3O2. The molecule has 1 rings (SSSR count). The molecule has 0 aliphatic carbocycles. The normalized spacial score (nSPS) is 16.5. The Labute approximate surface area is 137 Å². The molecule has 1 saturated heterocycles. The topological polar surface area (TPSA) is 53.6 Å². The summed E-state index contributed by atoms with van der Waals surface area (Å²) in [6, 6.07) is 1.26. The number of nitrogens with one attached hydrogen (secondary N) is 2. The molecule has 1 aliphatic heterocycles. The number of hydrogen-bond acceptors (Lipinski definition) is 4. The van der Waals surface area contributed by atoms with Crippen molar-refractivity contribution in [3.8, 4) is 0 Å². The van der Waals surface area contributed by atoms with Crippen LogP contribution in [-0.4, -0.2) is 62.8 Å². The van der Waals surface area contributed by atoms with E-state index in [4.69, 9.17) is 4.74 Å². The number of rotatable bonds is 9. The van der Waals surface area contributed by atoms with Gasteiger partial charge in [-0.15, -0.1) is 0 Å². The molecule has 0 spiro atoms. The molecule has 1 fully saturated rings. The van der Waals surface area contributed by atoms with Crippen LogP contribution < -0.4 is 10.6 Å². The quantitative estimate of drug-likeness (QED) is 0.504. The maximum atomic E-state index is 10.0. The van der Waals surface area contributed by atoms with E-state index >= 15 is 0 Å². The van der Waals surface area contributed by atoms with Crippen molar-refractivity contribution in [2.45, 2.75) is 59.5 Å². The van der Waals surface area contributed by atoms with Crippen LogP contribution in [0.3, 0.4) is 0 Å². The zero-order valence-electron chi connectivity index (χ0n) is 15.2. The molecule has 0 aromatic heterocycles. The molecule has 5 heteroatoms. The minimum Gasteiger partial charge on any atom is -0.378 e. The second-order valence-corrected chi connectivity index (χ2v) is 6.85. The molecule has 1 aliphatic rings. The van der Waals surface area contributed by atoms with Gasteiger partial charge < -0.3 is 20.3 Å². The molecule has 1 heterocycles. The van der Waals surface area contributed by atoms with Crippen molar-refractivity contribution in [2.75, 3.05) is 39.4 Å². The Morgan fingerprint density at radius 2 is 1.73 bits per heavy atom. The number of nitrogens with zero attached hydrogens (tertiary/aromatic N) is 1. The summed E-state index contributed by atoms with van der Waals surface area (Å²) in [7, 11) is 0. The number of carbonyl (C=O) groups excluding carboxylic acids is 1. The van der Waals surface area contributed by atoms with Gasteiger partial charge in [0.25, 0.3) is 0 Å². The van der Waals surface area contributed by atoms with E-state index in [1.54, 1.807) is 0 Å². The van der Waals surface area contributed by atoms with Crippen molar-refractivity contribution < 1.29 is 9.53 Å². The molecule has 22 heavy (non-hydrogen) atoms. The molecule has 2 N–H and O–H groups in total. The van der Waals surface area contributed by atoms with Gasteiger partial charge in [0.15, 0.2) is 0 Å². The molecule has 0 aromatic rings. The van der Waals surface area contributed by atoms with Crippen molar-refractivity contribution in [3.63, 3.8) is 0 Å². The van der Waals surface area contributed by atoms with E-state index in [-0.39, 0.29) is 0 Å². The van der Waals surface area contributed by atoms with E-state index in [0.717, 1.165) is 32.2 Å². The fourth-order valence-electron chi connectivity index (χ4n) is 2.28. The largest absolute Gasteiger partial charge is 0.378 e. The van der Waals surface area contributed by atoms with E-state index < -0.39 is 0 Å². The number of likely N-dealkylation sites (tertiary alicyclic amines) is 1. The highest BCUT2D eigenvalue weighted by Crippen LogP contribution is 2.10. The summed E-state index contributed by atoms with van der Waals surface area (Å²) >= 11 is 0. The lowest BCUT2D eigenvalue weighted by molar-refractivity contribution is -0.109. The number of carbonyl (C=O) groups is 1.